The van der Waals surface area contributed by atoms with Crippen molar-refractivity contribution in [3.8, 4) is 0 Å². The van der Waals surface area contributed by atoms with E-state index in [1.165, 1.54) is 19.4 Å². The fourth-order valence-electron chi connectivity index (χ4n) is 11.1. The molecule has 0 aliphatic rings. The molecule has 106 heavy (non-hydrogen) atoms. The Kier molecular flexibility index (Phi) is 39.2. The molecule has 0 saturated heterocycles. The Bertz CT molecular complexity index is 3400. The van der Waals surface area contributed by atoms with Crippen molar-refractivity contribution in [1.29, 1.82) is 5.41 Å². The number of nitrogens with two attached hydrogens (primary N) is 4. The maximum Gasteiger partial charge on any atom is 0.243 e. The molecule has 2 aromatic carbocycles. The number of aromatic amines is 1. The predicted molar refractivity (Wildman–Crippen MR) is 396 cm³/mol. The van der Waals surface area contributed by atoms with Crippen LogP contribution in [-0.2, 0) is 86.4 Å². The number of benzene rings is 2. The van der Waals surface area contributed by atoms with E-state index in [-0.39, 0.29) is 94.5 Å². The molecule has 34 heteroatoms. The number of amides is 14. The maximum atomic E-state index is 14.5. The van der Waals surface area contributed by atoms with Gasteiger partial charge in [0.15, 0.2) is 5.96 Å². The van der Waals surface area contributed by atoms with Crippen molar-refractivity contribution in [3.05, 3.63) is 90.0 Å². The zero-order valence-electron chi connectivity index (χ0n) is 62.7. The number of imidazole rings is 1. The standard InChI is InChI=1S/C72H114N20O14/c1-12-42(9)59(92-71(106)60(43(10)13-2)91-66(101)49(25-20-28-79-72(76)77)85-65(100)50(26-27-56(74)93)86-67(102)53(30-40(5)6)89-63(98)48(73)32-45-21-16-14-17-22-45)70(105)81-36-57(94)83-44(11)62(97)88-52(29-39(3)4)64(99)80-37-58(95)84-55(34-47-35-78-38-82-47)69(104)90-54(31-41(7)8)68(103)87-51(61(75)96)33-46-23-18-15-19-24-46/h14-19,21-24,35,38-44,48-55,59-60H,12-13,20,25-34,36-37,73H2,1-11H3,(H2,74,93)(H2,75,96)(H,78,82)(H,80,99)(H,81,105)(H,83,94)(H,84,95)(H,85,100)(H,86,102)(H,87,103)(H,88,97)(H,89,98)(H,90,104)(H,91,101)(H,92,106)(H4,76,77,79)/t42-,43-,44-,48-,49-,50-,51-,52-,53-,54-,55-,59-,60-/m0/s1. The maximum absolute atomic E-state index is 14.5. The van der Waals surface area contributed by atoms with E-state index in [0.29, 0.717) is 18.5 Å². The summed E-state index contributed by atoms with van der Waals surface area (Å²) in [6.07, 6.45) is 3.28. The van der Waals surface area contributed by atoms with Crippen LogP contribution in [0.1, 0.15) is 151 Å². The molecule has 0 radical (unpaired) electrons. The van der Waals surface area contributed by atoms with Crippen molar-refractivity contribution in [2.24, 2.45) is 52.5 Å². The second-order valence-corrected chi connectivity index (χ2v) is 28.0. The first-order chi connectivity index (χ1) is 50.0. The van der Waals surface area contributed by atoms with Gasteiger partial charge in [-0.15, -0.1) is 0 Å². The largest absolute Gasteiger partial charge is 0.370 e. The highest BCUT2D eigenvalue weighted by Crippen LogP contribution is 2.16. The molecule has 23 N–H and O–H groups in total. The number of hydrogen-bond donors (Lipinski definition) is 19. The average Bonchev–Trinajstić information content (AvgIpc) is 0.975. The first kappa shape index (κ1) is 89.7. The lowest BCUT2D eigenvalue weighted by molar-refractivity contribution is -0.136. The topological polar surface area (TPSA) is 552 Å². The summed E-state index contributed by atoms with van der Waals surface area (Å²) in [6.45, 7) is 17.7. The number of aromatic nitrogens is 2. The molecule has 1 aromatic heterocycles. The smallest absolute Gasteiger partial charge is 0.243 e. The molecule has 1 heterocycles. The number of primary amides is 2. The van der Waals surface area contributed by atoms with Crippen LogP contribution in [0.4, 0.5) is 0 Å². The van der Waals surface area contributed by atoms with Gasteiger partial charge < -0.3 is 97.0 Å². The molecular weight excluding hydrogens is 1370 g/mol. The van der Waals surface area contributed by atoms with Gasteiger partial charge >= 0.3 is 0 Å². The molecule has 0 fully saturated rings. The van der Waals surface area contributed by atoms with E-state index < -0.39 is 174 Å². The lowest BCUT2D eigenvalue weighted by Gasteiger charge is -2.30. The summed E-state index contributed by atoms with van der Waals surface area (Å²) < 4.78 is 0. The van der Waals surface area contributed by atoms with Gasteiger partial charge in [0, 0.05) is 32.0 Å². The summed E-state index contributed by atoms with van der Waals surface area (Å²) in [7, 11) is 0. The Morgan fingerprint density at radius 2 is 0.868 bits per heavy atom. The minimum Gasteiger partial charge on any atom is -0.370 e. The van der Waals surface area contributed by atoms with Gasteiger partial charge in [-0.1, -0.05) is 143 Å². The van der Waals surface area contributed by atoms with Gasteiger partial charge in [0.2, 0.25) is 82.7 Å². The summed E-state index contributed by atoms with van der Waals surface area (Å²) in [4.78, 5) is 199. The zero-order chi connectivity index (χ0) is 79.3. The predicted octanol–water partition coefficient (Wildman–Crippen LogP) is -1.89. The van der Waals surface area contributed by atoms with Crippen LogP contribution in [0.2, 0.25) is 0 Å². The Hall–Kier alpha value is -10.5. The highest BCUT2D eigenvalue weighted by Gasteiger charge is 2.37. The van der Waals surface area contributed by atoms with Gasteiger partial charge in [0.1, 0.15) is 60.4 Å². The number of nitrogens with zero attached hydrogens (tertiary/aromatic N) is 1. The van der Waals surface area contributed by atoms with E-state index in [2.05, 4.69) is 79.1 Å². The summed E-state index contributed by atoms with van der Waals surface area (Å²) in [5, 5.41) is 41.6. The quantitative estimate of drug-likeness (QED) is 0.0167. The number of rotatable bonds is 48. The molecule has 3 rings (SSSR count). The van der Waals surface area contributed by atoms with Crippen LogP contribution >= 0.6 is 0 Å². The fourth-order valence-corrected chi connectivity index (χ4v) is 11.1. The molecule has 0 bridgehead atoms. The first-order valence-corrected chi connectivity index (χ1v) is 36.1. The lowest BCUT2D eigenvalue weighted by Crippen LogP contribution is -2.61. The fraction of sp³-hybridized carbons (Fsp3) is 0.583. The summed E-state index contributed by atoms with van der Waals surface area (Å²) in [5.74, 6) is -13.1. The van der Waals surface area contributed by atoms with Gasteiger partial charge in [-0.05, 0) is 92.6 Å². The Morgan fingerprint density at radius 1 is 0.443 bits per heavy atom. The monoisotopic (exact) mass is 1480 g/mol. The molecule has 34 nitrogen and oxygen atoms in total. The van der Waals surface area contributed by atoms with Gasteiger partial charge in [-0.2, -0.15) is 0 Å². The molecule has 0 unspecified atom stereocenters. The van der Waals surface area contributed by atoms with E-state index in [1.807, 2.05) is 33.8 Å². The highest BCUT2D eigenvalue weighted by atomic mass is 16.2. The molecule has 14 amide bonds. The summed E-state index contributed by atoms with van der Waals surface area (Å²) in [5.41, 5.74) is 24.8. The van der Waals surface area contributed by atoms with Crippen LogP contribution < -0.4 is 92.1 Å². The van der Waals surface area contributed by atoms with Crippen molar-refractivity contribution in [2.75, 3.05) is 19.6 Å². The zero-order valence-corrected chi connectivity index (χ0v) is 62.7. The number of carbonyl (C=O) groups excluding carboxylic acids is 14. The van der Waals surface area contributed by atoms with Gasteiger partial charge in [0.05, 0.1) is 31.2 Å². The van der Waals surface area contributed by atoms with E-state index in [0.717, 1.165) is 11.1 Å². The van der Waals surface area contributed by atoms with Crippen molar-refractivity contribution in [2.45, 2.75) is 220 Å². The minimum absolute atomic E-state index is 0.0698. The molecule has 3 aromatic rings. The van der Waals surface area contributed by atoms with Crippen LogP contribution in [-0.4, -0.2) is 185 Å². The minimum atomic E-state index is -1.49. The molecule has 13 atom stereocenters. The van der Waals surface area contributed by atoms with Crippen LogP contribution in [0, 0.1) is 35.0 Å². The van der Waals surface area contributed by atoms with E-state index >= 15 is 0 Å². The van der Waals surface area contributed by atoms with Crippen LogP contribution in [0.15, 0.2) is 73.2 Å². The third kappa shape index (κ3) is 33.5. The Balaban J connectivity index is 1.73. The van der Waals surface area contributed by atoms with Crippen LogP contribution in [0.3, 0.4) is 0 Å². The van der Waals surface area contributed by atoms with E-state index in [4.69, 9.17) is 28.3 Å². The normalized spacial score (nSPS) is 14.9. The SMILES string of the molecule is CC[C@H](C)[C@H](NC(=O)[C@H](CCCNC(=N)N)NC(=O)[C@H](CCC(N)=O)NC(=O)[C@H](CC(C)C)NC(=O)[C@@H](N)Cc1ccccc1)C(=O)N[C@H](C(=O)NCC(=O)N[C@@H](C)C(=O)N[C@@H](CC(C)C)C(=O)NCC(=O)N[C@@H](Cc1c[nH]cn1)C(=O)N[C@@H](CC(C)C)C(=O)N[C@@H](Cc1ccccc1)C(N)=O)[C@@H](C)CC. The number of guanidine groups is 1. The van der Waals surface area contributed by atoms with Crippen molar-refractivity contribution >= 4 is 88.7 Å². The molecule has 0 aliphatic carbocycles. The average molecular weight is 1480 g/mol. The summed E-state index contributed by atoms with van der Waals surface area (Å²) >= 11 is 0. The molecule has 0 aliphatic heterocycles. The van der Waals surface area contributed by atoms with E-state index in [1.54, 1.807) is 96.1 Å². The Labute approximate surface area is 619 Å². The van der Waals surface area contributed by atoms with E-state index in [9.17, 15) is 67.1 Å². The van der Waals surface area contributed by atoms with Gasteiger partial charge in [-0.25, -0.2) is 4.98 Å². The third-order valence-corrected chi connectivity index (χ3v) is 17.4. The van der Waals surface area contributed by atoms with Crippen LogP contribution in [0.25, 0.3) is 0 Å². The second kappa shape index (κ2) is 46.3. The van der Waals surface area contributed by atoms with Crippen molar-refractivity contribution in [1.82, 2.24) is 79.1 Å². The first-order valence-electron chi connectivity index (χ1n) is 36.1. The molecule has 586 valence electrons. The molecular formula is C72H114N20O14. The molecule has 0 spiro atoms. The highest BCUT2D eigenvalue weighted by molar-refractivity contribution is 5.99. The molecule has 0 saturated carbocycles. The van der Waals surface area contributed by atoms with Gasteiger partial charge in [-0.3, -0.25) is 72.5 Å². The number of hydrogen-bond acceptors (Lipinski definition) is 17. The summed E-state index contributed by atoms with van der Waals surface area (Å²) in [6, 6.07) is 3.94. The second-order valence-electron chi connectivity index (χ2n) is 28.0. The van der Waals surface area contributed by atoms with Crippen LogP contribution in [0.5, 0.6) is 0 Å². The van der Waals surface area contributed by atoms with Crippen molar-refractivity contribution in [3.63, 3.8) is 0 Å². The number of nitrogens with one attached hydrogen (secondary N) is 15. The van der Waals surface area contributed by atoms with Crippen molar-refractivity contribution < 1.29 is 67.1 Å². The number of carbonyl (C=O) groups is 14. The lowest BCUT2D eigenvalue weighted by atomic mass is 9.94. The Morgan fingerprint density at radius 3 is 1.36 bits per heavy atom. The third-order valence-electron chi connectivity index (χ3n) is 17.4. The number of H-pyrrole nitrogens is 1. The van der Waals surface area contributed by atoms with Gasteiger partial charge in [0.25, 0.3) is 0 Å².